The van der Waals surface area contributed by atoms with Crippen LogP contribution in [0.4, 0.5) is 0 Å². The number of pyridine rings is 1. The van der Waals surface area contributed by atoms with Crippen molar-refractivity contribution >= 4 is 5.91 Å². The van der Waals surface area contributed by atoms with Gasteiger partial charge in [-0.3, -0.25) is 9.36 Å². The minimum absolute atomic E-state index is 0.164. The molecule has 0 saturated heterocycles. The zero-order valence-corrected chi connectivity index (χ0v) is 13.9. The van der Waals surface area contributed by atoms with Crippen LogP contribution in [0.3, 0.4) is 0 Å². The molecular formula is C15H19N5O4. The van der Waals surface area contributed by atoms with Gasteiger partial charge in [0, 0.05) is 39.2 Å². The first-order chi connectivity index (χ1) is 11.5. The summed E-state index contributed by atoms with van der Waals surface area (Å²) in [5, 5.41) is 4.21. The number of nitrogens with zero attached hydrogens (tertiary/aromatic N) is 5. The van der Waals surface area contributed by atoms with Gasteiger partial charge in [0.1, 0.15) is 11.4 Å². The number of aromatic nitrogens is 4. The van der Waals surface area contributed by atoms with Gasteiger partial charge in [-0.1, -0.05) is 0 Å². The van der Waals surface area contributed by atoms with Gasteiger partial charge in [-0.15, -0.1) is 0 Å². The lowest BCUT2D eigenvalue weighted by Crippen LogP contribution is -2.35. The van der Waals surface area contributed by atoms with E-state index in [1.807, 2.05) is 0 Å². The number of carbonyl (C=O) groups is 1. The van der Waals surface area contributed by atoms with Crippen LogP contribution in [0.15, 0.2) is 16.9 Å². The summed E-state index contributed by atoms with van der Waals surface area (Å²) < 4.78 is 13.2. The number of amides is 1. The van der Waals surface area contributed by atoms with E-state index in [0.29, 0.717) is 43.3 Å². The molecule has 0 aliphatic carbocycles. The van der Waals surface area contributed by atoms with Gasteiger partial charge in [0.2, 0.25) is 11.8 Å². The summed E-state index contributed by atoms with van der Waals surface area (Å²) in [6, 6.07) is 3.25. The van der Waals surface area contributed by atoms with E-state index in [-0.39, 0.29) is 17.5 Å². The molecule has 0 saturated carbocycles. The Morgan fingerprint density at radius 2 is 1.96 bits per heavy atom. The molecule has 0 fully saturated rings. The van der Waals surface area contributed by atoms with Gasteiger partial charge < -0.3 is 14.4 Å². The molecule has 128 valence electrons. The van der Waals surface area contributed by atoms with E-state index in [1.54, 1.807) is 28.6 Å². The third kappa shape index (κ3) is 2.72. The second-order valence-electron chi connectivity index (χ2n) is 5.43. The van der Waals surface area contributed by atoms with Crippen LogP contribution in [0, 0.1) is 0 Å². The molecule has 2 aromatic heterocycles. The van der Waals surface area contributed by atoms with Crippen LogP contribution in [0.5, 0.6) is 11.8 Å². The third-order valence-corrected chi connectivity index (χ3v) is 4.04. The van der Waals surface area contributed by atoms with Gasteiger partial charge in [-0.2, -0.15) is 10.1 Å². The van der Waals surface area contributed by atoms with Crippen molar-refractivity contribution in [2.45, 2.75) is 13.0 Å². The molecule has 24 heavy (non-hydrogen) atoms. The van der Waals surface area contributed by atoms with Crippen LogP contribution in [0.25, 0.3) is 0 Å². The van der Waals surface area contributed by atoms with E-state index in [0.717, 1.165) is 0 Å². The van der Waals surface area contributed by atoms with E-state index in [2.05, 4.69) is 10.1 Å². The first-order valence-electron chi connectivity index (χ1n) is 7.56. The maximum atomic E-state index is 12.8. The van der Waals surface area contributed by atoms with Crippen molar-refractivity contribution in [3.05, 3.63) is 34.0 Å². The zero-order valence-electron chi connectivity index (χ0n) is 13.9. The van der Waals surface area contributed by atoms with Gasteiger partial charge in [0.25, 0.3) is 5.91 Å². The molecular weight excluding hydrogens is 314 g/mol. The molecule has 3 rings (SSSR count). The maximum Gasteiger partial charge on any atom is 0.345 e. The molecule has 1 amide bonds. The third-order valence-electron chi connectivity index (χ3n) is 4.04. The Hall–Kier alpha value is -2.84. The Morgan fingerprint density at radius 3 is 2.67 bits per heavy atom. The SMILES string of the molecule is COc1ccc(C(=O)N2CCc3nn(C)c(=O)n3CC2)c(OC)n1. The van der Waals surface area contributed by atoms with E-state index < -0.39 is 0 Å². The minimum Gasteiger partial charge on any atom is -0.481 e. The van der Waals surface area contributed by atoms with Crippen LogP contribution in [0.2, 0.25) is 0 Å². The quantitative estimate of drug-likeness (QED) is 0.765. The second-order valence-corrected chi connectivity index (χ2v) is 5.43. The van der Waals surface area contributed by atoms with Crippen LogP contribution in [0.1, 0.15) is 16.2 Å². The number of hydrogen-bond donors (Lipinski definition) is 0. The van der Waals surface area contributed by atoms with Crippen molar-refractivity contribution < 1.29 is 14.3 Å². The highest BCUT2D eigenvalue weighted by atomic mass is 16.5. The minimum atomic E-state index is -0.190. The number of hydrogen-bond acceptors (Lipinski definition) is 6. The fourth-order valence-corrected chi connectivity index (χ4v) is 2.76. The topological polar surface area (TPSA) is 91.5 Å². The van der Waals surface area contributed by atoms with Gasteiger partial charge in [-0.05, 0) is 6.07 Å². The summed E-state index contributed by atoms with van der Waals surface area (Å²) >= 11 is 0. The normalized spacial score (nSPS) is 14.0. The lowest BCUT2D eigenvalue weighted by atomic mass is 10.2. The number of ether oxygens (including phenoxy) is 2. The van der Waals surface area contributed by atoms with E-state index in [4.69, 9.17) is 9.47 Å². The van der Waals surface area contributed by atoms with Gasteiger partial charge >= 0.3 is 5.69 Å². The zero-order chi connectivity index (χ0) is 17.3. The average molecular weight is 333 g/mol. The first-order valence-corrected chi connectivity index (χ1v) is 7.56. The molecule has 3 heterocycles. The summed E-state index contributed by atoms with van der Waals surface area (Å²) in [6.07, 6.45) is 0.522. The monoisotopic (exact) mass is 333 g/mol. The number of carbonyl (C=O) groups excluding carboxylic acids is 1. The summed E-state index contributed by atoms with van der Waals surface area (Å²) in [6.45, 7) is 1.32. The number of fused-ring (bicyclic) bond motifs is 1. The molecule has 2 aromatic rings. The van der Waals surface area contributed by atoms with Crippen molar-refractivity contribution in [3.8, 4) is 11.8 Å². The highest BCUT2D eigenvalue weighted by Crippen LogP contribution is 2.22. The summed E-state index contributed by atoms with van der Waals surface area (Å²) in [4.78, 5) is 30.6. The molecule has 0 unspecified atom stereocenters. The highest BCUT2D eigenvalue weighted by Gasteiger charge is 2.25. The van der Waals surface area contributed by atoms with Crippen molar-refractivity contribution in [1.29, 1.82) is 0 Å². The predicted octanol–water partition coefficient (Wildman–Crippen LogP) is -0.307. The van der Waals surface area contributed by atoms with E-state index >= 15 is 0 Å². The molecule has 9 heteroatoms. The summed E-state index contributed by atoms with van der Waals surface area (Å²) in [5.74, 6) is 1.10. The van der Waals surface area contributed by atoms with E-state index in [1.165, 1.54) is 18.9 Å². The molecule has 1 aliphatic heterocycles. The van der Waals surface area contributed by atoms with Gasteiger partial charge in [-0.25, -0.2) is 9.48 Å². The van der Waals surface area contributed by atoms with E-state index in [9.17, 15) is 9.59 Å². The Bertz CT molecular complexity index is 826. The van der Waals surface area contributed by atoms with Crippen molar-refractivity contribution in [2.24, 2.45) is 7.05 Å². The average Bonchev–Trinajstić information content (AvgIpc) is 2.77. The largest absolute Gasteiger partial charge is 0.481 e. The summed E-state index contributed by atoms with van der Waals surface area (Å²) in [7, 11) is 4.58. The Labute approximate surface area is 138 Å². The Kier molecular flexibility index (Phi) is 4.24. The lowest BCUT2D eigenvalue weighted by Gasteiger charge is -2.21. The second kappa shape index (κ2) is 6.34. The molecule has 0 bridgehead atoms. The molecule has 9 nitrogen and oxygen atoms in total. The highest BCUT2D eigenvalue weighted by molar-refractivity contribution is 5.96. The Balaban J connectivity index is 1.83. The van der Waals surface area contributed by atoms with Gasteiger partial charge in [0.05, 0.1) is 14.2 Å². The van der Waals surface area contributed by atoms with Crippen LogP contribution in [-0.2, 0) is 20.0 Å². The smallest absolute Gasteiger partial charge is 0.345 e. The number of methoxy groups -OCH3 is 2. The van der Waals surface area contributed by atoms with Crippen LogP contribution >= 0.6 is 0 Å². The van der Waals surface area contributed by atoms with Crippen molar-refractivity contribution in [3.63, 3.8) is 0 Å². The fraction of sp³-hybridized carbons (Fsp3) is 0.467. The molecule has 1 aliphatic rings. The lowest BCUT2D eigenvalue weighted by molar-refractivity contribution is 0.0754. The maximum absolute atomic E-state index is 12.8. The first kappa shape index (κ1) is 16.0. The standard InChI is InChI=1S/C15H19N5O4/c1-18-15(22)20-9-8-19(7-6-11(20)17-18)14(21)10-4-5-12(23-2)16-13(10)24-3/h4-5H,6-9H2,1-3H3. The fourth-order valence-electron chi connectivity index (χ4n) is 2.76. The Morgan fingerprint density at radius 1 is 1.17 bits per heavy atom. The molecule has 0 aromatic carbocycles. The predicted molar refractivity (Wildman–Crippen MR) is 84.4 cm³/mol. The van der Waals surface area contributed by atoms with Crippen molar-refractivity contribution in [1.82, 2.24) is 24.2 Å². The van der Waals surface area contributed by atoms with Crippen molar-refractivity contribution in [2.75, 3.05) is 27.3 Å². The molecule has 0 spiro atoms. The van der Waals surface area contributed by atoms with Crippen LogP contribution < -0.4 is 15.2 Å². The number of rotatable bonds is 3. The molecule has 0 N–H and O–H groups in total. The summed E-state index contributed by atoms with van der Waals surface area (Å²) in [5.41, 5.74) is 0.203. The number of aryl methyl sites for hydroxylation is 1. The molecule has 0 atom stereocenters. The molecule has 0 radical (unpaired) electrons. The van der Waals surface area contributed by atoms with Crippen LogP contribution in [-0.4, -0.2) is 57.4 Å². The van der Waals surface area contributed by atoms with Gasteiger partial charge in [0.15, 0.2) is 0 Å².